The molecule has 2 aromatic rings. The van der Waals surface area contributed by atoms with Crippen LogP contribution in [0.3, 0.4) is 0 Å². The second-order valence-corrected chi connectivity index (χ2v) is 22.2. The molecule has 3 heterocycles. The van der Waals surface area contributed by atoms with Crippen LogP contribution in [0.4, 0.5) is 4.79 Å². The van der Waals surface area contributed by atoms with Crippen LogP contribution in [-0.4, -0.2) is 88.7 Å². The average molecular weight is 938 g/mol. The van der Waals surface area contributed by atoms with E-state index in [0.717, 1.165) is 89.2 Å². The van der Waals surface area contributed by atoms with Crippen molar-refractivity contribution in [1.82, 2.24) is 16.0 Å². The van der Waals surface area contributed by atoms with Gasteiger partial charge in [0.25, 0.3) is 0 Å². The number of hydrogen-bond donors (Lipinski definition) is 4. The number of ether oxygens (including phenoxy) is 3. The molecule has 11 atom stereocenters. The third-order valence-corrected chi connectivity index (χ3v) is 18.9. The van der Waals surface area contributed by atoms with Crippen molar-refractivity contribution in [2.75, 3.05) is 18.9 Å². The summed E-state index contributed by atoms with van der Waals surface area (Å²) in [6, 6.07) is 15.5. The Hall–Kier alpha value is -4.69. The Morgan fingerprint density at radius 1 is 0.821 bits per heavy atom. The van der Waals surface area contributed by atoms with Gasteiger partial charge in [0.2, 0.25) is 11.7 Å². The van der Waals surface area contributed by atoms with Crippen molar-refractivity contribution < 1.29 is 48.1 Å². The number of hydrogen-bond acceptors (Lipinski definition) is 11. The monoisotopic (exact) mass is 937 g/mol. The topological polar surface area (TPSA) is 186 Å². The second kappa shape index (κ2) is 19.7. The van der Waals surface area contributed by atoms with Gasteiger partial charge >= 0.3 is 23.9 Å². The summed E-state index contributed by atoms with van der Waals surface area (Å²) < 4.78 is 17.4. The van der Waals surface area contributed by atoms with Crippen LogP contribution in [0, 0.1) is 34.5 Å². The molecule has 13 nitrogen and oxygen atoms in total. The molecule has 4 aliphatic carbocycles. The minimum atomic E-state index is -0.955. The van der Waals surface area contributed by atoms with Crippen LogP contribution in [0.25, 0.3) is 0 Å². The maximum atomic E-state index is 13.5. The van der Waals surface area contributed by atoms with Crippen molar-refractivity contribution in [3.05, 3.63) is 82.6 Å². The summed E-state index contributed by atoms with van der Waals surface area (Å²) in [5.41, 5.74) is 0.371. The smallest absolute Gasteiger partial charge is 0.374 e. The molecule has 0 unspecified atom stereocenters. The molecule has 7 aliphatic rings. The van der Waals surface area contributed by atoms with Crippen molar-refractivity contribution in [2.45, 2.75) is 152 Å². The number of esters is 3. The highest BCUT2D eigenvalue weighted by Gasteiger charge is 2.68. The lowest BCUT2D eigenvalue weighted by molar-refractivity contribution is -0.210. The van der Waals surface area contributed by atoms with Gasteiger partial charge in [-0.1, -0.05) is 69.2 Å². The molecule has 6 fully saturated rings. The van der Waals surface area contributed by atoms with Gasteiger partial charge in [-0.05, 0) is 125 Å². The summed E-state index contributed by atoms with van der Waals surface area (Å²) in [7, 11) is 0. The van der Waals surface area contributed by atoms with E-state index in [1.54, 1.807) is 36.4 Å². The molecule has 4 saturated carbocycles. The standard InChI is InChI=1S/C53H67N3O10S/c1-51-25-22-36(65-44(58)15-7-4-10-28-54-43(57)14-9-8-13-42-45-41(31-67-42)55-50(62)56-45)29-35(51)20-21-40-39(51)23-26-52(2)38(24-27-53(40,52)63)37-30-64-49(61)47(37)66-48(60)34-18-16-33(17-19-34)46(59)32-11-5-3-6-12-32/h3,5-6,11-12,16-19,35-36,38-42,45,63H,4,7-10,13-15,20-31H2,1-2H3,(H,54,57)(H2,55,56,62)/t35-,36+,38-,39+,40-,41+,42+,45+,51+,52-,53+/m1/s1. The maximum Gasteiger partial charge on any atom is 0.374 e. The number of cyclic esters (lactones) is 1. The van der Waals surface area contributed by atoms with Crippen molar-refractivity contribution >= 4 is 47.4 Å². The van der Waals surface area contributed by atoms with Crippen LogP contribution in [-0.2, 0) is 28.6 Å². The molecule has 0 aromatic heterocycles. The Balaban J connectivity index is 0.715. The van der Waals surface area contributed by atoms with Gasteiger partial charge in [-0.2, -0.15) is 11.8 Å². The van der Waals surface area contributed by atoms with Gasteiger partial charge in [0.15, 0.2) is 5.78 Å². The summed E-state index contributed by atoms with van der Waals surface area (Å²) in [6.07, 6.45) is 13.4. The van der Waals surface area contributed by atoms with Crippen molar-refractivity contribution in [2.24, 2.45) is 34.5 Å². The van der Waals surface area contributed by atoms with Gasteiger partial charge in [0, 0.05) is 52.5 Å². The number of urea groups is 1. The van der Waals surface area contributed by atoms with E-state index in [-0.39, 0.29) is 77.1 Å². The molecule has 0 spiro atoms. The number of rotatable bonds is 17. The minimum Gasteiger partial charge on any atom is -0.462 e. The molecule has 0 bridgehead atoms. The predicted molar refractivity (Wildman–Crippen MR) is 252 cm³/mol. The van der Waals surface area contributed by atoms with Gasteiger partial charge in [0.05, 0.1) is 23.2 Å². The van der Waals surface area contributed by atoms with Crippen molar-refractivity contribution in [3.63, 3.8) is 0 Å². The SMILES string of the molecule is C[C@]12CC[C@H](OC(=O)CCCCCNC(=O)CCCC[C@@H]3SC[C@@H]4NC(=O)N[C@@H]43)C[C@H]1CC[C@@H]1[C@@H]2CC[C@]2(C)[C@@H](C3=C(OC(=O)c4ccc(C(=O)c5ccccc5)cc4)C(=O)OC3)CC[C@]12O. The highest BCUT2D eigenvalue weighted by atomic mass is 32.2. The first-order chi connectivity index (χ1) is 32.3. The average Bonchev–Trinajstić information content (AvgIpc) is 4.07. The lowest BCUT2D eigenvalue weighted by Gasteiger charge is -2.63. The van der Waals surface area contributed by atoms with Crippen LogP contribution < -0.4 is 16.0 Å². The fourth-order valence-corrected chi connectivity index (χ4v) is 15.2. The molecular formula is C53H67N3O10S. The van der Waals surface area contributed by atoms with Gasteiger partial charge in [-0.15, -0.1) is 0 Å². The van der Waals surface area contributed by atoms with E-state index in [4.69, 9.17) is 14.2 Å². The highest BCUT2D eigenvalue weighted by molar-refractivity contribution is 8.00. The van der Waals surface area contributed by atoms with Crippen LogP contribution in [0.15, 0.2) is 65.9 Å². The number of nitrogens with one attached hydrogen (secondary N) is 3. The van der Waals surface area contributed by atoms with E-state index in [1.807, 2.05) is 17.8 Å². The van der Waals surface area contributed by atoms with Gasteiger partial charge in [-0.25, -0.2) is 14.4 Å². The molecule has 67 heavy (non-hydrogen) atoms. The Bertz CT molecular complexity index is 2250. The minimum absolute atomic E-state index is 0.0179. The Kier molecular flexibility index (Phi) is 14.0. The van der Waals surface area contributed by atoms with Crippen molar-refractivity contribution in [3.8, 4) is 0 Å². The molecule has 2 saturated heterocycles. The lowest BCUT2D eigenvalue weighted by Crippen LogP contribution is -2.62. The summed E-state index contributed by atoms with van der Waals surface area (Å²) >= 11 is 1.90. The van der Waals surface area contributed by atoms with E-state index >= 15 is 0 Å². The van der Waals surface area contributed by atoms with E-state index in [9.17, 15) is 33.9 Å². The fraction of sp³-hybridized carbons (Fsp3) is 0.623. The zero-order valence-electron chi connectivity index (χ0n) is 39.0. The first-order valence-corrected chi connectivity index (χ1v) is 26.0. The fourth-order valence-electron chi connectivity index (χ4n) is 13.7. The van der Waals surface area contributed by atoms with Crippen LogP contribution in [0.1, 0.15) is 149 Å². The molecule has 360 valence electrons. The zero-order valence-corrected chi connectivity index (χ0v) is 39.8. The number of carbonyl (C=O) groups excluding carboxylic acids is 6. The number of benzene rings is 2. The van der Waals surface area contributed by atoms with Crippen LogP contribution in [0.5, 0.6) is 0 Å². The summed E-state index contributed by atoms with van der Waals surface area (Å²) in [4.78, 5) is 76.5. The molecule has 4 N–H and O–H groups in total. The number of amides is 3. The molecule has 14 heteroatoms. The zero-order chi connectivity index (χ0) is 46.9. The number of ketones is 1. The summed E-state index contributed by atoms with van der Waals surface area (Å²) in [5, 5.41) is 22.4. The van der Waals surface area contributed by atoms with Crippen molar-refractivity contribution in [1.29, 1.82) is 0 Å². The van der Waals surface area contributed by atoms with Crippen LogP contribution >= 0.6 is 11.8 Å². The molecule has 2 aromatic carbocycles. The summed E-state index contributed by atoms with van der Waals surface area (Å²) in [6.45, 7) is 5.19. The summed E-state index contributed by atoms with van der Waals surface area (Å²) in [5.74, 6) is -0.115. The predicted octanol–water partition coefficient (Wildman–Crippen LogP) is 7.97. The molecular weight excluding hydrogens is 871 g/mol. The Morgan fingerprint density at radius 3 is 2.39 bits per heavy atom. The lowest BCUT2D eigenvalue weighted by atomic mass is 9.43. The maximum absolute atomic E-state index is 13.5. The number of carbonyl (C=O) groups is 6. The van der Waals surface area contributed by atoms with E-state index in [1.165, 1.54) is 12.1 Å². The van der Waals surface area contributed by atoms with Crippen LogP contribution in [0.2, 0.25) is 0 Å². The third kappa shape index (κ3) is 9.42. The number of fused-ring (bicyclic) bond motifs is 6. The van der Waals surface area contributed by atoms with Gasteiger partial charge < -0.3 is 35.3 Å². The normalized spacial score (nSPS) is 33.9. The first kappa shape index (κ1) is 47.4. The molecule has 3 aliphatic heterocycles. The van der Waals surface area contributed by atoms with E-state index < -0.39 is 23.0 Å². The third-order valence-electron chi connectivity index (χ3n) is 17.4. The quantitative estimate of drug-likeness (QED) is 0.0396. The number of thioether (sulfide) groups is 1. The van der Waals surface area contributed by atoms with E-state index in [0.29, 0.717) is 66.0 Å². The Labute approximate surface area is 398 Å². The number of unbranched alkanes of at least 4 members (excludes halogenated alkanes) is 3. The Morgan fingerprint density at radius 2 is 1.58 bits per heavy atom. The van der Waals surface area contributed by atoms with Gasteiger partial charge in [0.1, 0.15) is 12.7 Å². The molecule has 0 radical (unpaired) electrons. The largest absolute Gasteiger partial charge is 0.462 e. The van der Waals surface area contributed by atoms with Gasteiger partial charge in [-0.3, -0.25) is 14.4 Å². The second-order valence-electron chi connectivity index (χ2n) is 21.0. The highest BCUT2D eigenvalue weighted by Crippen LogP contribution is 2.70. The molecule has 9 rings (SSSR count). The molecule has 3 amide bonds. The van der Waals surface area contributed by atoms with E-state index in [2.05, 4.69) is 29.8 Å². The first-order valence-electron chi connectivity index (χ1n) is 25.0. The number of aliphatic hydroxyl groups is 1.